The van der Waals surface area contributed by atoms with Gasteiger partial charge in [0.15, 0.2) is 6.29 Å². The van der Waals surface area contributed by atoms with Crippen molar-refractivity contribution >= 4 is 6.29 Å². The van der Waals surface area contributed by atoms with Crippen molar-refractivity contribution < 1.29 is 9.21 Å². The summed E-state index contributed by atoms with van der Waals surface area (Å²) in [6.45, 7) is 8.82. The number of aryl methyl sites for hydroxylation is 2. The summed E-state index contributed by atoms with van der Waals surface area (Å²) in [5, 5.41) is 4.49. The van der Waals surface area contributed by atoms with Gasteiger partial charge in [0.25, 0.3) is 0 Å². The molecule has 4 heteroatoms. The molecular weight excluding hydrogens is 228 g/mol. The average molecular weight is 246 g/mol. The lowest BCUT2D eigenvalue weighted by Gasteiger charge is -2.03. The Hall–Kier alpha value is -1.84. The lowest BCUT2D eigenvalue weighted by Crippen LogP contribution is -2.04. The number of furan rings is 1. The van der Waals surface area contributed by atoms with E-state index in [1.54, 1.807) is 6.20 Å². The second kappa shape index (κ2) is 4.80. The first kappa shape index (κ1) is 12.6. The normalized spacial score (nSPS) is 11.2. The van der Waals surface area contributed by atoms with Gasteiger partial charge >= 0.3 is 0 Å². The summed E-state index contributed by atoms with van der Waals surface area (Å²) in [6, 6.07) is 1.92. The Morgan fingerprint density at radius 2 is 2.17 bits per heavy atom. The molecule has 0 saturated heterocycles. The van der Waals surface area contributed by atoms with Gasteiger partial charge in [-0.05, 0) is 25.8 Å². The Balaban J connectivity index is 2.46. The first-order valence-corrected chi connectivity index (χ1v) is 6.11. The molecule has 2 aromatic heterocycles. The van der Waals surface area contributed by atoms with Crippen molar-refractivity contribution in [3.63, 3.8) is 0 Å². The molecule has 0 atom stereocenters. The van der Waals surface area contributed by atoms with E-state index in [1.165, 1.54) is 0 Å². The maximum atomic E-state index is 11.1. The number of aldehydes is 1. The molecule has 2 aromatic rings. The van der Waals surface area contributed by atoms with Gasteiger partial charge in [0.1, 0.15) is 17.2 Å². The lowest BCUT2D eigenvalue weighted by molar-refractivity contribution is 0.112. The predicted molar refractivity (Wildman–Crippen MR) is 69.6 cm³/mol. The zero-order chi connectivity index (χ0) is 13.3. The Labute approximate surface area is 107 Å². The van der Waals surface area contributed by atoms with Crippen molar-refractivity contribution in [1.82, 2.24) is 9.78 Å². The van der Waals surface area contributed by atoms with Crippen LogP contribution in [0.4, 0.5) is 0 Å². The van der Waals surface area contributed by atoms with Gasteiger partial charge in [-0.15, -0.1) is 0 Å². The van der Waals surface area contributed by atoms with E-state index in [4.69, 9.17) is 4.42 Å². The van der Waals surface area contributed by atoms with Crippen LogP contribution < -0.4 is 0 Å². The fourth-order valence-corrected chi connectivity index (χ4v) is 2.07. The van der Waals surface area contributed by atoms with Crippen LogP contribution in [0.25, 0.3) is 11.3 Å². The van der Waals surface area contributed by atoms with Gasteiger partial charge in [-0.3, -0.25) is 9.48 Å². The highest BCUT2D eigenvalue weighted by atomic mass is 16.3. The van der Waals surface area contributed by atoms with Gasteiger partial charge in [0.2, 0.25) is 0 Å². The van der Waals surface area contributed by atoms with Gasteiger partial charge in [-0.1, -0.05) is 13.8 Å². The van der Waals surface area contributed by atoms with E-state index in [1.807, 2.05) is 24.6 Å². The summed E-state index contributed by atoms with van der Waals surface area (Å²) in [4.78, 5) is 11.1. The van der Waals surface area contributed by atoms with E-state index in [0.29, 0.717) is 17.2 Å². The van der Waals surface area contributed by atoms with Crippen LogP contribution in [0.5, 0.6) is 0 Å². The predicted octanol–water partition coefficient (Wildman–Crippen LogP) is 3.23. The van der Waals surface area contributed by atoms with Crippen LogP contribution in [0, 0.1) is 19.8 Å². The number of aromatic nitrogens is 2. The summed E-state index contributed by atoms with van der Waals surface area (Å²) in [5.74, 6) is 2.12. The van der Waals surface area contributed by atoms with E-state index >= 15 is 0 Å². The van der Waals surface area contributed by atoms with Crippen molar-refractivity contribution in [1.29, 1.82) is 0 Å². The molecule has 0 saturated carbocycles. The SMILES string of the molecule is Cc1cc(-c2nn(CC(C)C)cc2C=O)c(C)o1. The first-order chi connectivity index (χ1) is 8.51. The topological polar surface area (TPSA) is 48.0 Å². The molecule has 0 unspecified atom stereocenters. The number of carbonyl (C=O) groups excluding carboxylic acids is 1. The average Bonchev–Trinajstić information content (AvgIpc) is 2.80. The number of hydrogen-bond acceptors (Lipinski definition) is 3. The number of nitrogens with zero attached hydrogens (tertiary/aromatic N) is 2. The van der Waals surface area contributed by atoms with Crippen molar-refractivity contribution in [3.8, 4) is 11.3 Å². The fraction of sp³-hybridized carbons (Fsp3) is 0.429. The Morgan fingerprint density at radius 1 is 1.44 bits per heavy atom. The van der Waals surface area contributed by atoms with E-state index in [0.717, 1.165) is 29.9 Å². The minimum absolute atomic E-state index is 0.490. The van der Waals surface area contributed by atoms with Crippen LogP contribution >= 0.6 is 0 Å². The molecule has 0 N–H and O–H groups in total. The highest BCUT2D eigenvalue weighted by molar-refractivity contribution is 5.85. The third-order valence-electron chi connectivity index (χ3n) is 2.77. The van der Waals surface area contributed by atoms with Crippen molar-refractivity contribution in [2.45, 2.75) is 34.2 Å². The summed E-state index contributed by atoms with van der Waals surface area (Å²) in [5.41, 5.74) is 2.22. The minimum atomic E-state index is 0.490. The van der Waals surface area contributed by atoms with E-state index in [2.05, 4.69) is 18.9 Å². The third kappa shape index (κ3) is 2.37. The number of hydrogen-bond donors (Lipinski definition) is 0. The third-order valence-corrected chi connectivity index (χ3v) is 2.77. The van der Waals surface area contributed by atoms with Crippen molar-refractivity contribution in [3.05, 3.63) is 29.3 Å². The number of carbonyl (C=O) groups is 1. The van der Waals surface area contributed by atoms with Crippen LogP contribution in [-0.4, -0.2) is 16.1 Å². The number of rotatable bonds is 4. The maximum Gasteiger partial charge on any atom is 0.153 e. The quantitative estimate of drug-likeness (QED) is 0.778. The lowest BCUT2D eigenvalue weighted by atomic mass is 10.1. The monoisotopic (exact) mass is 246 g/mol. The molecule has 0 bridgehead atoms. The zero-order valence-electron chi connectivity index (χ0n) is 11.2. The van der Waals surface area contributed by atoms with Gasteiger partial charge in [0.05, 0.1) is 5.56 Å². The second-order valence-corrected chi connectivity index (χ2v) is 4.99. The molecule has 4 nitrogen and oxygen atoms in total. The minimum Gasteiger partial charge on any atom is -0.466 e. The molecule has 96 valence electrons. The summed E-state index contributed by atoms with van der Waals surface area (Å²) in [7, 11) is 0. The Bertz CT molecular complexity index is 564. The maximum absolute atomic E-state index is 11.1. The molecule has 0 radical (unpaired) electrons. The van der Waals surface area contributed by atoms with Crippen LogP contribution in [0.3, 0.4) is 0 Å². The molecule has 0 aromatic carbocycles. The highest BCUT2D eigenvalue weighted by Crippen LogP contribution is 2.27. The van der Waals surface area contributed by atoms with Crippen molar-refractivity contribution in [2.24, 2.45) is 5.92 Å². The second-order valence-electron chi connectivity index (χ2n) is 4.99. The van der Waals surface area contributed by atoms with Crippen LogP contribution in [0.15, 0.2) is 16.7 Å². The van der Waals surface area contributed by atoms with E-state index in [-0.39, 0.29) is 0 Å². The van der Waals surface area contributed by atoms with Gasteiger partial charge < -0.3 is 4.42 Å². The summed E-state index contributed by atoms with van der Waals surface area (Å²) >= 11 is 0. The largest absolute Gasteiger partial charge is 0.466 e. The molecule has 0 aliphatic heterocycles. The zero-order valence-corrected chi connectivity index (χ0v) is 11.2. The van der Waals surface area contributed by atoms with Gasteiger partial charge in [-0.25, -0.2) is 0 Å². The standard InChI is InChI=1S/C14H18N2O2/c1-9(2)6-16-7-12(8-17)14(15-16)13-5-10(3)18-11(13)4/h5,7-9H,6H2,1-4H3. The molecular formula is C14H18N2O2. The summed E-state index contributed by atoms with van der Waals surface area (Å²) in [6.07, 6.45) is 2.64. The molecule has 18 heavy (non-hydrogen) atoms. The molecule has 0 aliphatic carbocycles. The first-order valence-electron chi connectivity index (χ1n) is 6.11. The van der Waals surface area contributed by atoms with Crippen LogP contribution in [0.1, 0.15) is 35.7 Å². The fourth-order valence-electron chi connectivity index (χ4n) is 2.07. The molecule has 0 fully saturated rings. The Kier molecular flexibility index (Phi) is 3.36. The Morgan fingerprint density at radius 3 is 2.67 bits per heavy atom. The van der Waals surface area contributed by atoms with Crippen LogP contribution in [0.2, 0.25) is 0 Å². The van der Waals surface area contributed by atoms with Gasteiger partial charge in [0, 0.05) is 18.3 Å². The molecule has 0 spiro atoms. The van der Waals surface area contributed by atoms with Crippen LogP contribution in [-0.2, 0) is 6.54 Å². The summed E-state index contributed by atoms with van der Waals surface area (Å²) < 4.78 is 7.32. The smallest absolute Gasteiger partial charge is 0.153 e. The van der Waals surface area contributed by atoms with E-state index in [9.17, 15) is 4.79 Å². The van der Waals surface area contributed by atoms with E-state index < -0.39 is 0 Å². The molecule has 0 aliphatic rings. The van der Waals surface area contributed by atoms with Gasteiger partial charge in [-0.2, -0.15) is 5.10 Å². The molecule has 2 heterocycles. The highest BCUT2D eigenvalue weighted by Gasteiger charge is 2.16. The molecule has 0 amide bonds. The molecule has 2 rings (SSSR count). The van der Waals surface area contributed by atoms with Crippen molar-refractivity contribution in [2.75, 3.05) is 0 Å².